The Morgan fingerprint density at radius 3 is 2.14 bits per heavy atom. The molecule has 6 fully saturated rings. The van der Waals surface area contributed by atoms with Gasteiger partial charge in [0.05, 0.1) is 49.9 Å². The van der Waals surface area contributed by atoms with Crippen LogP contribution in [-0.2, 0) is 42.7 Å². The lowest BCUT2D eigenvalue weighted by Crippen LogP contribution is -2.64. The Labute approximate surface area is 441 Å². The van der Waals surface area contributed by atoms with E-state index < -0.39 is 141 Å². The maximum Gasteiger partial charge on any atom is 0.338 e. The monoisotopic (exact) mass is 1070 g/mol. The summed E-state index contributed by atoms with van der Waals surface area (Å²) in [5, 5.41) is 97.5. The van der Waals surface area contributed by atoms with E-state index in [9.17, 15) is 50.4 Å². The van der Waals surface area contributed by atoms with Crippen molar-refractivity contribution in [2.45, 2.75) is 189 Å². The van der Waals surface area contributed by atoms with Crippen molar-refractivity contribution in [3.05, 3.63) is 71.9 Å². The molecule has 420 valence electrons. The molecule has 4 aliphatic heterocycles. The highest BCUT2D eigenvalue weighted by Crippen LogP contribution is 2.41. The summed E-state index contributed by atoms with van der Waals surface area (Å²) in [6.07, 6.45) is -15.2. The molecular weight excluding hydrogens is 993 g/mol. The van der Waals surface area contributed by atoms with Gasteiger partial charge < -0.3 is 83.6 Å². The first-order valence-corrected chi connectivity index (χ1v) is 27.0. The predicted molar refractivity (Wildman–Crippen MR) is 265 cm³/mol. The van der Waals surface area contributed by atoms with Crippen molar-refractivity contribution in [2.24, 2.45) is 17.8 Å². The highest BCUT2D eigenvalue weighted by molar-refractivity contribution is 5.89. The second-order valence-electron chi connectivity index (χ2n) is 21.7. The van der Waals surface area contributed by atoms with Crippen LogP contribution in [0.15, 0.2) is 60.8 Å². The van der Waals surface area contributed by atoms with E-state index in [2.05, 4.69) is 10.3 Å². The lowest BCUT2D eigenvalue weighted by atomic mass is 9.78. The zero-order valence-electron chi connectivity index (χ0n) is 43.2. The number of amides is 1. The zero-order chi connectivity index (χ0) is 53.8. The van der Waals surface area contributed by atoms with E-state index in [1.54, 1.807) is 41.4 Å². The number of aromatic nitrogens is 3. The predicted octanol–water partition coefficient (Wildman–Crippen LogP) is 1.15. The Morgan fingerprint density at radius 2 is 1.45 bits per heavy atom. The van der Waals surface area contributed by atoms with E-state index >= 15 is 0 Å². The summed E-state index contributed by atoms with van der Waals surface area (Å²) in [6.45, 7) is 4.99. The standard InChI is InChI=1S/C54H76N4O18/c1-28-12-10-17-34(20-28)35-24-58(56-55-35)40-42(62)38(25-59)73-52(44(40)64)69-27-32-21-29(2)47(76-53-46(66)45(65)41(61)30(3)70-53)36(23-32)72-54-49(75-51(68)33-15-8-5-9-16-33)48(43(63)39(26-60)74-54)71-37(50(67)57-18-11-19-57)22-31-13-6-4-7-14-31/h5,8-10,12,15-17,20,24,29-32,36-49,52-54,59-66H,4,6-7,11,13-14,18-19,21-23,25-27H2,1-3H3/t29?,30?,32?,36-,37+,38?,39+,40?,41-,42-,43+,44?,45+,46?,47-,48?,49?,52+,53+,54-/m1/s1. The number of aliphatic hydroxyl groups is 8. The number of carbonyl (C=O) groups is 2. The molecule has 20 atom stereocenters. The molecule has 5 heterocycles. The van der Waals surface area contributed by atoms with Gasteiger partial charge in [-0.25, -0.2) is 9.48 Å². The summed E-state index contributed by atoms with van der Waals surface area (Å²) in [7, 11) is 0. The summed E-state index contributed by atoms with van der Waals surface area (Å²) in [5.41, 5.74) is 2.43. The molecule has 1 amide bonds. The number of aryl methyl sites for hydroxylation is 1. The third kappa shape index (κ3) is 12.7. The number of ether oxygens (including phenoxy) is 8. The van der Waals surface area contributed by atoms with Crippen LogP contribution in [0.5, 0.6) is 0 Å². The Morgan fingerprint density at radius 1 is 0.724 bits per heavy atom. The number of aliphatic hydroxyl groups excluding tert-OH is 8. The second kappa shape index (κ2) is 25.4. The lowest BCUT2D eigenvalue weighted by Gasteiger charge is -2.49. The highest BCUT2D eigenvalue weighted by atomic mass is 16.7. The largest absolute Gasteiger partial charge is 0.450 e. The Bertz CT molecular complexity index is 2340. The van der Waals surface area contributed by atoms with Gasteiger partial charge in [0, 0.05) is 18.7 Å². The third-order valence-corrected chi connectivity index (χ3v) is 16.2. The molecule has 8 N–H and O–H groups in total. The molecule has 9 unspecified atom stereocenters. The molecule has 2 saturated carbocycles. The van der Waals surface area contributed by atoms with Gasteiger partial charge in [0.25, 0.3) is 5.91 Å². The Kier molecular flexibility index (Phi) is 18.9. The van der Waals surface area contributed by atoms with E-state index in [1.807, 2.05) is 38.1 Å². The number of rotatable bonds is 18. The van der Waals surface area contributed by atoms with Crippen LogP contribution in [0.3, 0.4) is 0 Å². The summed E-state index contributed by atoms with van der Waals surface area (Å²) >= 11 is 0. The molecule has 1 aromatic heterocycles. The van der Waals surface area contributed by atoms with Gasteiger partial charge in [0.15, 0.2) is 25.0 Å². The van der Waals surface area contributed by atoms with Gasteiger partial charge in [-0.2, -0.15) is 0 Å². The fourth-order valence-electron chi connectivity index (χ4n) is 11.7. The van der Waals surface area contributed by atoms with Crippen molar-refractivity contribution in [2.75, 3.05) is 32.9 Å². The minimum Gasteiger partial charge on any atom is -0.450 e. The van der Waals surface area contributed by atoms with Gasteiger partial charge in [-0.1, -0.05) is 86.2 Å². The first kappa shape index (κ1) is 56.6. The lowest BCUT2D eigenvalue weighted by molar-refractivity contribution is -0.350. The van der Waals surface area contributed by atoms with Crippen molar-refractivity contribution in [1.82, 2.24) is 19.9 Å². The van der Waals surface area contributed by atoms with Crippen LogP contribution in [0.4, 0.5) is 0 Å². The summed E-state index contributed by atoms with van der Waals surface area (Å²) in [6, 6.07) is 14.6. The normalized spacial score (nSPS) is 37.8. The highest BCUT2D eigenvalue weighted by Gasteiger charge is 2.54. The first-order chi connectivity index (χ1) is 36.6. The second-order valence-corrected chi connectivity index (χ2v) is 21.7. The number of likely N-dealkylation sites (tertiary alicyclic amines) is 1. The minimum atomic E-state index is -1.69. The van der Waals surface area contributed by atoms with Crippen molar-refractivity contribution in [3.63, 3.8) is 0 Å². The van der Waals surface area contributed by atoms with E-state index in [0.717, 1.165) is 49.7 Å². The van der Waals surface area contributed by atoms with Gasteiger partial charge >= 0.3 is 5.97 Å². The number of hydrogen-bond acceptors (Lipinski definition) is 20. The first-order valence-electron chi connectivity index (χ1n) is 27.0. The number of benzene rings is 2. The minimum absolute atomic E-state index is 0.0842. The van der Waals surface area contributed by atoms with Gasteiger partial charge in [-0.05, 0) is 75.5 Å². The van der Waals surface area contributed by atoms with Crippen LogP contribution in [0.2, 0.25) is 0 Å². The zero-order valence-corrected chi connectivity index (χ0v) is 43.2. The quantitative estimate of drug-likeness (QED) is 0.0829. The van der Waals surface area contributed by atoms with Gasteiger partial charge in [0.1, 0.15) is 72.8 Å². The molecule has 6 aliphatic rings. The van der Waals surface area contributed by atoms with Crippen LogP contribution in [0.25, 0.3) is 11.3 Å². The van der Waals surface area contributed by atoms with Crippen LogP contribution in [0.1, 0.15) is 93.6 Å². The molecule has 4 saturated heterocycles. The van der Waals surface area contributed by atoms with Crippen molar-refractivity contribution < 1.29 is 88.3 Å². The Hall–Kier alpha value is -4.08. The molecule has 2 aliphatic carbocycles. The molecule has 0 bridgehead atoms. The topological polar surface area (TPSA) is 304 Å². The maximum absolute atomic E-state index is 14.2. The molecule has 2 aromatic carbocycles. The smallest absolute Gasteiger partial charge is 0.338 e. The fourth-order valence-corrected chi connectivity index (χ4v) is 11.7. The number of carbonyl (C=O) groups excluding carboxylic acids is 2. The summed E-state index contributed by atoms with van der Waals surface area (Å²) in [5.74, 6) is -1.79. The number of nitrogens with zero attached hydrogens (tertiary/aromatic N) is 4. The molecule has 3 aromatic rings. The molecule has 9 rings (SSSR count). The van der Waals surface area contributed by atoms with E-state index in [-0.39, 0.29) is 30.4 Å². The van der Waals surface area contributed by atoms with Gasteiger partial charge in [-0.3, -0.25) is 4.79 Å². The SMILES string of the molecule is Cc1cccc(-c2cn(C3C(O)[C@@H](OCC4CC(C)[C@@H](O[C@@H]5OC(C)[C@@H](O)[C@H](O)C5O)[C@H](O[C@@H]5O[C@@H](CO)[C@H](O)C(O[C@@H](CC6CCCCC6)C(=O)N6CCC6)C5OC(=O)c5ccccc5)C4)OC(CO)[C@H]3O)nn2)c1. The molecule has 22 heteroatoms. The molecule has 0 radical (unpaired) electrons. The average Bonchev–Trinajstić information content (AvgIpc) is 3.90. The summed E-state index contributed by atoms with van der Waals surface area (Å²) < 4.78 is 52.4. The van der Waals surface area contributed by atoms with Crippen LogP contribution < -0.4 is 0 Å². The summed E-state index contributed by atoms with van der Waals surface area (Å²) in [4.78, 5) is 30.1. The Balaban J connectivity index is 1.00. The average molecular weight is 1070 g/mol. The van der Waals surface area contributed by atoms with Crippen LogP contribution >= 0.6 is 0 Å². The van der Waals surface area contributed by atoms with E-state index in [1.165, 1.54) is 11.6 Å². The number of hydrogen-bond donors (Lipinski definition) is 8. The van der Waals surface area contributed by atoms with Gasteiger partial charge in [0.2, 0.25) is 0 Å². The molecule has 76 heavy (non-hydrogen) atoms. The van der Waals surface area contributed by atoms with E-state index in [0.29, 0.717) is 31.6 Å². The van der Waals surface area contributed by atoms with Crippen molar-refractivity contribution in [1.29, 1.82) is 0 Å². The maximum atomic E-state index is 14.2. The fraction of sp³-hybridized carbons (Fsp3) is 0.704. The molecule has 0 spiro atoms. The van der Waals surface area contributed by atoms with E-state index in [4.69, 9.17) is 37.9 Å². The molecule has 22 nitrogen and oxygen atoms in total. The van der Waals surface area contributed by atoms with Crippen molar-refractivity contribution in [3.8, 4) is 11.3 Å². The third-order valence-electron chi connectivity index (χ3n) is 16.2. The van der Waals surface area contributed by atoms with Crippen LogP contribution in [-0.4, -0.2) is 210 Å². The number of esters is 1. The van der Waals surface area contributed by atoms with Crippen molar-refractivity contribution >= 4 is 11.9 Å². The van der Waals surface area contributed by atoms with Gasteiger partial charge in [-0.15, -0.1) is 5.10 Å². The molecular formula is C54H76N4O18. The van der Waals surface area contributed by atoms with Crippen LogP contribution in [0, 0.1) is 24.7 Å².